The van der Waals surface area contributed by atoms with Crippen LogP contribution in [0.25, 0.3) is 11.5 Å². The monoisotopic (exact) mass is 380 g/mol. The number of aromatic nitrogens is 2. The number of nitrogens with one attached hydrogen (secondary N) is 1. The van der Waals surface area contributed by atoms with Crippen molar-refractivity contribution >= 4 is 11.6 Å². The van der Waals surface area contributed by atoms with Gasteiger partial charge in [0.1, 0.15) is 12.4 Å². The molecular formula is C21H24N4O3. The molecule has 1 amide bonds. The van der Waals surface area contributed by atoms with Gasteiger partial charge in [-0.05, 0) is 36.4 Å². The van der Waals surface area contributed by atoms with Gasteiger partial charge in [0, 0.05) is 17.6 Å². The zero-order chi connectivity index (χ0) is 20.1. The summed E-state index contributed by atoms with van der Waals surface area (Å²) in [5.41, 5.74) is 6.88. The lowest BCUT2D eigenvalue weighted by Gasteiger charge is -2.11. The average molecular weight is 380 g/mol. The van der Waals surface area contributed by atoms with Crippen LogP contribution in [-0.2, 0) is 5.41 Å². The Labute approximate surface area is 163 Å². The first-order valence-corrected chi connectivity index (χ1v) is 9.06. The largest absolute Gasteiger partial charge is 0.492 e. The molecule has 0 fully saturated rings. The highest BCUT2D eigenvalue weighted by atomic mass is 16.5. The first-order valence-electron chi connectivity index (χ1n) is 9.06. The molecule has 28 heavy (non-hydrogen) atoms. The summed E-state index contributed by atoms with van der Waals surface area (Å²) in [5, 5.41) is 6.92. The fourth-order valence-electron chi connectivity index (χ4n) is 2.51. The van der Waals surface area contributed by atoms with Crippen LogP contribution in [0.1, 0.15) is 37.0 Å². The van der Waals surface area contributed by atoms with Crippen LogP contribution in [0.15, 0.2) is 53.1 Å². The van der Waals surface area contributed by atoms with Gasteiger partial charge in [0.05, 0.1) is 11.1 Å². The Morgan fingerprint density at radius 2 is 1.86 bits per heavy atom. The smallest absolute Gasteiger partial charge is 0.258 e. The van der Waals surface area contributed by atoms with Gasteiger partial charge < -0.3 is 20.3 Å². The van der Waals surface area contributed by atoms with Gasteiger partial charge in [-0.1, -0.05) is 38.1 Å². The van der Waals surface area contributed by atoms with Gasteiger partial charge in [0.15, 0.2) is 5.82 Å². The normalized spacial score (nSPS) is 11.3. The van der Waals surface area contributed by atoms with Crippen molar-refractivity contribution in [2.45, 2.75) is 26.2 Å². The fourth-order valence-corrected chi connectivity index (χ4v) is 2.51. The summed E-state index contributed by atoms with van der Waals surface area (Å²) in [5.74, 6) is 1.35. The van der Waals surface area contributed by atoms with Crippen LogP contribution in [0, 0.1) is 0 Å². The van der Waals surface area contributed by atoms with E-state index in [1.54, 1.807) is 42.5 Å². The molecule has 0 aliphatic rings. The second-order valence-corrected chi connectivity index (χ2v) is 7.33. The van der Waals surface area contributed by atoms with E-state index in [-0.39, 0.29) is 11.3 Å². The van der Waals surface area contributed by atoms with Crippen LogP contribution in [0.4, 0.5) is 5.69 Å². The summed E-state index contributed by atoms with van der Waals surface area (Å²) in [6.07, 6.45) is 0. The number of carbonyl (C=O) groups is 1. The Bertz CT molecular complexity index is 943. The lowest BCUT2D eigenvalue weighted by Crippen LogP contribution is -2.14. The molecule has 0 aliphatic carbocycles. The number of hydrogen-bond acceptors (Lipinski definition) is 6. The predicted molar refractivity (Wildman–Crippen MR) is 107 cm³/mol. The maximum Gasteiger partial charge on any atom is 0.258 e. The highest BCUT2D eigenvalue weighted by Gasteiger charge is 2.23. The number of ether oxygens (including phenoxy) is 1. The molecule has 0 radical (unpaired) electrons. The molecule has 7 heteroatoms. The highest BCUT2D eigenvalue weighted by molar-refractivity contribution is 6.08. The van der Waals surface area contributed by atoms with E-state index in [9.17, 15) is 4.79 Å². The van der Waals surface area contributed by atoms with Crippen LogP contribution >= 0.6 is 0 Å². The van der Waals surface area contributed by atoms with Crippen molar-refractivity contribution in [2.24, 2.45) is 5.73 Å². The molecule has 1 heterocycles. The summed E-state index contributed by atoms with van der Waals surface area (Å²) < 4.78 is 10.8. The van der Waals surface area contributed by atoms with Crippen molar-refractivity contribution < 1.29 is 14.1 Å². The number of nitrogens with two attached hydrogens (primary N) is 1. The summed E-state index contributed by atoms with van der Waals surface area (Å²) >= 11 is 0. The summed E-state index contributed by atoms with van der Waals surface area (Å²) in [6, 6.07) is 14.3. The van der Waals surface area contributed by atoms with E-state index in [1.807, 2.05) is 26.8 Å². The molecule has 0 aliphatic heterocycles. The van der Waals surface area contributed by atoms with Crippen molar-refractivity contribution in [3.8, 4) is 17.2 Å². The summed E-state index contributed by atoms with van der Waals surface area (Å²) in [4.78, 5) is 17.3. The van der Waals surface area contributed by atoms with Crippen molar-refractivity contribution in [3.63, 3.8) is 0 Å². The minimum absolute atomic E-state index is 0.243. The summed E-state index contributed by atoms with van der Waals surface area (Å²) in [7, 11) is 0. The van der Waals surface area contributed by atoms with E-state index in [0.29, 0.717) is 47.4 Å². The Hall–Kier alpha value is -3.19. The zero-order valence-corrected chi connectivity index (χ0v) is 16.2. The molecule has 146 valence electrons. The van der Waals surface area contributed by atoms with Crippen LogP contribution in [0.3, 0.4) is 0 Å². The lowest BCUT2D eigenvalue weighted by atomic mass is 9.96. The number of rotatable bonds is 6. The number of amides is 1. The molecule has 3 rings (SSSR count). The second-order valence-electron chi connectivity index (χ2n) is 7.33. The molecule has 3 N–H and O–H groups in total. The van der Waals surface area contributed by atoms with E-state index in [4.69, 9.17) is 15.0 Å². The minimum Gasteiger partial charge on any atom is -0.492 e. The average Bonchev–Trinajstić information content (AvgIpc) is 3.18. The molecule has 0 saturated carbocycles. The topological polar surface area (TPSA) is 103 Å². The maximum atomic E-state index is 12.8. The third-order valence-electron chi connectivity index (χ3n) is 4.00. The van der Waals surface area contributed by atoms with E-state index in [0.717, 1.165) is 0 Å². The van der Waals surface area contributed by atoms with Gasteiger partial charge >= 0.3 is 0 Å². The van der Waals surface area contributed by atoms with Gasteiger partial charge in [-0.3, -0.25) is 4.79 Å². The van der Waals surface area contributed by atoms with Gasteiger partial charge in [-0.25, -0.2) is 0 Å². The number of carbonyl (C=O) groups excluding carboxylic acids is 1. The number of hydrogen-bond donors (Lipinski definition) is 2. The second kappa shape index (κ2) is 8.22. The van der Waals surface area contributed by atoms with E-state index < -0.39 is 0 Å². The molecule has 1 aromatic heterocycles. The molecule has 2 aromatic carbocycles. The Morgan fingerprint density at radius 1 is 1.14 bits per heavy atom. The zero-order valence-electron chi connectivity index (χ0n) is 16.2. The van der Waals surface area contributed by atoms with Crippen molar-refractivity contribution in [2.75, 3.05) is 18.5 Å². The number of benzene rings is 2. The Kier molecular flexibility index (Phi) is 5.75. The third kappa shape index (κ3) is 4.55. The summed E-state index contributed by atoms with van der Waals surface area (Å²) in [6.45, 7) is 6.89. The maximum absolute atomic E-state index is 12.8. The van der Waals surface area contributed by atoms with Crippen molar-refractivity contribution in [1.82, 2.24) is 10.1 Å². The van der Waals surface area contributed by atoms with Crippen LogP contribution < -0.4 is 15.8 Å². The van der Waals surface area contributed by atoms with Crippen molar-refractivity contribution in [3.05, 3.63) is 59.9 Å². The molecule has 0 atom stereocenters. The van der Waals surface area contributed by atoms with Gasteiger partial charge in [0.25, 0.3) is 11.8 Å². The lowest BCUT2D eigenvalue weighted by molar-refractivity contribution is 0.102. The van der Waals surface area contributed by atoms with Gasteiger partial charge in [-0.2, -0.15) is 4.98 Å². The molecule has 0 saturated heterocycles. The van der Waals surface area contributed by atoms with E-state index in [1.165, 1.54) is 0 Å². The molecule has 0 spiro atoms. The third-order valence-corrected chi connectivity index (χ3v) is 4.00. The van der Waals surface area contributed by atoms with Crippen LogP contribution in [0.2, 0.25) is 0 Å². The van der Waals surface area contributed by atoms with Crippen LogP contribution in [-0.4, -0.2) is 29.2 Å². The first-order chi connectivity index (χ1) is 13.4. The first kappa shape index (κ1) is 19.6. The molecule has 0 bridgehead atoms. The minimum atomic E-state index is -0.262. The predicted octanol–water partition coefficient (Wildman–Crippen LogP) is 3.62. The highest BCUT2D eigenvalue weighted by Crippen LogP contribution is 2.27. The standard InChI is InChI=1S/C21H24N4O3/c1-21(2,3)20-24-19(28-25-20)17-7-5-4-6-16(17)18(26)23-14-8-10-15(11-9-14)27-13-12-22/h4-11H,12-13,22H2,1-3H3,(H,23,26). The quantitative estimate of drug-likeness (QED) is 0.677. The van der Waals surface area contributed by atoms with Gasteiger partial charge in [0.2, 0.25) is 0 Å². The van der Waals surface area contributed by atoms with Gasteiger partial charge in [-0.15, -0.1) is 0 Å². The molecule has 3 aromatic rings. The molecular weight excluding hydrogens is 356 g/mol. The Morgan fingerprint density at radius 3 is 2.50 bits per heavy atom. The number of anilines is 1. The molecule has 0 unspecified atom stereocenters. The van der Waals surface area contributed by atoms with Crippen LogP contribution in [0.5, 0.6) is 5.75 Å². The van der Waals surface area contributed by atoms with E-state index >= 15 is 0 Å². The van der Waals surface area contributed by atoms with E-state index in [2.05, 4.69) is 15.5 Å². The molecule has 7 nitrogen and oxygen atoms in total. The fraction of sp³-hybridized carbons (Fsp3) is 0.286. The van der Waals surface area contributed by atoms with Crippen molar-refractivity contribution in [1.29, 1.82) is 0 Å². The Balaban J connectivity index is 1.80. The number of nitrogens with zero attached hydrogens (tertiary/aromatic N) is 2. The SMILES string of the molecule is CC(C)(C)c1noc(-c2ccccc2C(=O)Nc2ccc(OCCN)cc2)n1.